The van der Waals surface area contributed by atoms with E-state index < -0.39 is 53.4 Å². The van der Waals surface area contributed by atoms with Crippen molar-refractivity contribution in [2.24, 2.45) is 11.8 Å². The maximum absolute atomic E-state index is 15.9. The fourth-order valence-electron chi connectivity index (χ4n) is 8.10. The number of nitrogens with one attached hydrogen (secondary N) is 2. The summed E-state index contributed by atoms with van der Waals surface area (Å²) >= 11 is 12.5. The number of hydrogen-bond acceptors (Lipinski definition) is 3. The van der Waals surface area contributed by atoms with Crippen molar-refractivity contribution in [3.05, 3.63) is 63.4 Å². The van der Waals surface area contributed by atoms with Crippen molar-refractivity contribution in [1.29, 1.82) is 0 Å². The van der Waals surface area contributed by atoms with Gasteiger partial charge in [0, 0.05) is 41.4 Å². The van der Waals surface area contributed by atoms with Gasteiger partial charge < -0.3 is 5.32 Å². The second-order valence-electron chi connectivity index (χ2n) is 12.4. The molecular formula is C31H33Cl2F3N2O2. The van der Waals surface area contributed by atoms with Gasteiger partial charge in [-0.3, -0.25) is 14.9 Å². The minimum absolute atomic E-state index is 0.0428. The monoisotopic (exact) mass is 592 g/mol. The summed E-state index contributed by atoms with van der Waals surface area (Å²) in [5.41, 5.74) is -1.57. The van der Waals surface area contributed by atoms with Crippen LogP contribution < -0.4 is 10.6 Å². The lowest BCUT2D eigenvalue weighted by molar-refractivity contribution is -0.126. The molecule has 2 heterocycles. The fraction of sp³-hybridized carbons (Fsp3) is 0.548. The van der Waals surface area contributed by atoms with Crippen LogP contribution in [-0.4, -0.2) is 29.2 Å². The lowest BCUT2D eigenvalue weighted by Crippen LogP contribution is -2.61. The predicted molar refractivity (Wildman–Crippen MR) is 150 cm³/mol. The molecule has 1 amide bonds. The van der Waals surface area contributed by atoms with Crippen LogP contribution >= 0.6 is 23.2 Å². The molecule has 2 N–H and O–H groups in total. The topological polar surface area (TPSA) is 58.2 Å². The molecule has 4 nitrogen and oxygen atoms in total. The number of carbonyl (C=O) groups excluding carboxylic acids is 2. The third-order valence-electron chi connectivity index (χ3n) is 10.1. The fourth-order valence-corrected chi connectivity index (χ4v) is 8.45. The Morgan fingerprint density at radius 2 is 1.73 bits per heavy atom. The van der Waals surface area contributed by atoms with Gasteiger partial charge >= 0.3 is 0 Å². The first-order valence-electron chi connectivity index (χ1n) is 14.2. The van der Waals surface area contributed by atoms with Gasteiger partial charge in [0.2, 0.25) is 11.8 Å². The Hall–Kier alpha value is -2.09. The Morgan fingerprint density at radius 1 is 1.02 bits per heavy atom. The van der Waals surface area contributed by atoms with Gasteiger partial charge in [-0.2, -0.15) is 0 Å². The first-order chi connectivity index (χ1) is 19.0. The molecule has 0 aromatic heterocycles. The highest BCUT2D eigenvalue weighted by Crippen LogP contribution is 2.64. The van der Waals surface area contributed by atoms with E-state index in [-0.39, 0.29) is 35.1 Å². The van der Waals surface area contributed by atoms with Crippen LogP contribution in [0, 0.1) is 17.7 Å². The minimum Gasteiger partial charge on any atom is -0.325 e. The van der Waals surface area contributed by atoms with E-state index in [2.05, 4.69) is 17.6 Å². The van der Waals surface area contributed by atoms with Crippen molar-refractivity contribution in [3.8, 4) is 0 Å². The Bertz CT molecular complexity index is 1350. The van der Waals surface area contributed by atoms with E-state index in [9.17, 15) is 18.4 Å². The van der Waals surface area contributed by atoms with Crippen molar-refractivity contribution in [1.82, 2.24) is 5.32 Å². The molecule has 3 atom stereocenters. The number of anilines is 1. The van der Waals surface area contributed by atoms with Crippen LogP contribution in [0.4, 0.5) is 18.9 Å². The number of halogens is 5. The van der Waals surface area contributed by atoms with Crippen LogP contribution in [0.2, 0.25) is 10.0 Å². The molecule has 2 aromatic rings. The van der Waals surface area contributed by atoms with E-state index in [0.29, 0.717) is 28.6 Å². The van der Waals surface area contributed by atoms with Crippen LogP contribution in [0.3, 0.4) is 0 Å². The average molecular weight is 594 g/mol. The summed E-state index contributed by atoms with van der Waals surface area (Å²) in [6, 6.07) is 8.64. The molecule has 0 bridgehead atoms. The van der Waals surface area contributed by atoms with Gasteiger partial charge in [0.1, 0.15) is 11.2 Å². The largest absolute Gasteiger partial charge is 0.325 e. The Morgan fingerprint density at radius 3 is 2.42 bits per heavy atom. The standard InChI is InChI=1S/C31H33Cl2F3N2O2/c1-17-5-7-18(8-6-17)15-24(39)27-25(20-3-2-4-22(33)26(20)34)31(29(38-27)11-13-30(35,36)14-12-29)21-10-9-19(32)16-23(21)37-28(31)40/h2-4,9-10,16-18,25,27,38H,5-8,11-15H2,1H3,(H,37,40)/t17?,18?,25-,27-,31+/m0/s1. The highest BCUT2D eigenvalue weighted by Gasteiger charge is 2.73. The van der Waals surface area contributed by atoms with Crippen LogP contribution in [0.25, 0.3) is 0 Å². The van der Waals surface area contributed by atoms with Gasteiger partial charge in [-0.25, -0.2) is 13.2 Å². The van der Waals surface area contributed by atoms with E-state index >= 15 is 4.39 Å². The molecule has 2 aliphatic carbocycles. The van der Waals surface area contributed by atoms with Gasteiger partial charge in [0.15, 0.2) is 5.78 Å². The molecule has 214 valence electrons. The number of alkyl halides is 2. The Labute approximate surface area is 242 Å². The molecule has 0 unspecified atom stereocenters. The van der Waals surface area contributed by atoms with E-state index in [1.165, 1.54) is 6.07 Å². The van der Waals surface area contributed by atoms with Crippen LogP contribution in [0.15, 0.2) is 36.4 Å². The molecule has 2 spiro atoms. The van der Waals surface area contributed by atoms with E-state index in [1.54, 1.807) is 30.3 Å². The molecule has 4 aliphatic rings. The summed E-state index contributed by atoms with van der Waals surface area (Å²) in [6.07, 6.45) is 3.27. The van der Waals surface area contributed by atoms with Crippen molar-refractivity contribution in [2.45, 2.75) is 93.5 Å². The zero-order chi connectivity index (χ0) is 28.4. The molecule has 2 aliphatic heterocycles. The van der Waals surface area contributed by atoms with Crippen molar-refractivity contribution < 1.29 is 22.8 Å². The lowest BCUT2D eigenvalue weighted by Gasteiger charge is -2.48. The SMILES string of the molecule is CC1CCC(CC(=O)[C@@H]2NC3(CCC(F)(F)CC3)[C@@]3(C(=O)Nc4cc(Cl)ccc43)[C@H]2c2cccc(Cl)c2F)CC1. The highest BCUT2D eigenvalue weighted by atomic mass is 35.5. The first kappa shape index (κ1) is 28.0. The summed E-state index contributed by atoms with van der Waals surface area (Å²) in [7, 11) is 0. The lowest BCUT2D eigenvalue weighted by atomic mass is 9.55. The Balaban J connectivity index is 1.54. The van der Waals surface area contributed by atoms with Gasteiger partial charge in [-0.15, -0.1) is 0 Å². The highest BCUT2D eigenvalue weighted by molar-refractivity contribution is 6.31. The number of carbonyl (C=O) groups is 2. The van der Waals surface area contributed by atoms with E-state index in [0.717, 1.165) is 25.7 Å². The molecule has 1 saturated heterocycles. The third-order valence-corrected chi connectivity index (χ3v) is 10.7. The summed E-state index contributed by atoms with van der Waals surface area (Å²) < 4.78 is 45.1. The Kier molecular flexibility index (Phi) is 7.03. The van der Waals surface area contributed by atoms with Crippen LogP contribution in [-0.2, 0) is 15.0 Å². The van der Waals surface area contributed by atoms with Gasteiger partial charge in [-0.1, -0.05) is 61.2 Å². The van der Waals surface area contributed by atoms with E-state index in [1.807, 2.05) is 0 Å². The van der Waals surface area contributed by atoms with Crippen molar-refractivity contribution >= 4 is 40.6 Å². The van der Waals surface area contributed by atoms with Gasteiger partial charge in [0.05, 0.1) is 11.1 Å². The molecule has 2 aromatic carbocycles. The molecule has 3 fully saturated rings. The average Bonchev–Trinajstić information content (AvgIpc) is 3.37. The molecular weight excluding hydrogens is 560 g/mol. The predicted octanol–water partition coefficient (Wildman–Crippen LogP) is 7.81. The van der Waals surface area contributed by atoms with Crippen molar-refractivity contribution in [3.63, 3.8) is 0 Å². The zero-order valence-electron chi connectivity index (χ0n) is 22.3. The minimum atomic E-state index is -2.89. The number of fused-ring (bicyclic) bond motifs is 3. The number of benzene rings is 2. The number of amides is 1. The zero-order valence-corrected chi connectivity index (χ0v) is 23.9. The van der Waals surface area contributed by atoms with Crippen LogP contribution in [0.1, 0.15) is 81.8 Å². The van der Waals surface area contributed by atoms with Crippen LogP contribution in [0.5, 0.6) is 0 Å². The number of rotatable bonds is 4. The smallest absolute Gasteiger partial charge is 0.248 e. The first-order valence-corrected chi connectivity index (χ1v) is 15.0. The summed E-state index contributed by atoms with van der Waals surface area (Å²) in [4.78, 5) is 28.5. The maximum atomic E-state index is 15.9. The number of ketones is 1. The van der Waals surface area contributed by atoms with E-state index in [4.69, 9.17) is 23.2 Å². The quantitative estimate of drug-likeness (QED) is 0.380. The molecule has 40 heavy (non-hydrogen) atoms. The second kappa shape index (κ2) is 10.0. The second-order valence-corrected chi connectivity index (χ2v) is 13.3. The van der Waals surface area contributed by atoms with Gasteiger partial charge in [0.25, 0.3) is 0 Å². The number of hydrogen-bond donors (Lipinski definition) is 2. The maximum Gasteiger partial charge on any atom is 0.248 e. The molecule has 0 radical (unpaired) electrons. The third kappa shape index (κ3) is 4.30. The summed E-state index contributed by atoms with van der Waals surface area (Å²) in [5.74, 6) is -4.32. The summed E-state index contributed by atoms with van der Waals surface area (Å²) in [6.45, 7) is 2.21. The molecule has 9 heteroatoms. The summed E-state index contributed by atoms with van der Waals surface area (Å²) in [5, 5.41) is 6.67. The normalized spacial score (nSPS) is 32.3. The number of Topliss-reactive ketones (excluding diaryl/α,β-unsaturated/α-hetero) is 1. The van der Waals surface area contributed by atoms with Crippen molar-refractivity contribution in [2.75, 3.05) is 5.32 Å². The van der Waals surface area contributed by atoms with Gasteiger partial charge in [-0.05, 0) is 66.8 Å². The molecule has 6 rings (SSSR count). The molecule has 2 saturated carbocycles.